The van der Waals surface area contributed by atoms with Crippen molar-refractivity contribution in [2.75, 3.05) is 13.1 Å². The van der Waals surface area contributed by atoms with Crippen LogP contribution in [0.25, 0.3) is 0 Å². The maximum Gasteiger partial charge on any atom is 0.0309 e. The number of piperazine rings is 1. The molecule has 2 nitrogen and oxygen atoms in total. The summed E-state index contributed by atoms with van der Waals surface area (Å²) in [6.45, 7) is 9.80. The second-order valence-electron chi connectivity index (χ2n) is 8.13. The van der Waals surface area contributed by atoms with Gasteiger partial charge in [-0.15, -0.1) is 0 Å². The lowest BCUT2D eigenvalue weighted by Crippen LogP contribution is -2.69. The number of nitrogens with one attached hydrogen (secondary N) is 1. The van der Waals surface area contributed by atoms with Crippen LogP contribution in [0, 0.1) is 5.92 Å². The third-order valence-corrected chi connectivity index (χ3v) is 5.95. The Labute approximate surface area is 119 Å². The predicted molar refractivity (Wildman–Crippen MR) is 81.4 cm³/mol. The first-order valence-corrected chi connectivity index (χ1v) is 8.53. The zero-order chi connectivity index (χ0) is 13.5. The summed E-state index contributed by atoms with van der Waals surface area (Å²) >= 11 is 0. The van der Waals surface area contributed by atoms with Crippen molar-refractivity contribution in [1.82, 2.24) is 10.2 Å². The molecule has 0 aromatic rings. The Hall–Kier alpha value is -0.0800. The van der Waals surface area contributed by atoms with Gasteiger partial charge in [0.1, 0.15) is 0 Å². The average molecular weight is 264 g/mol. The Bertz CT molecular complexity index is 313. The van der Waals surface area contributed by atoms with E-state index in [2.05, 4.69) is 31.0 Å². The molecule has 2 saturated carbocycles. The van der Waals surface area contributed by atoms with E-state index in [1.807, 2.05) is 0 Å². The molecule has 0 bridgehead atoms. The first-order valence-electron chi connectivity index (χ1n) is 8.53. The number of hydrogen-bond acceptors (Lipinski definition) is 2. The molecule has 0 radical (unpaired) electrons. The molecule has 0 amide bonds. The summed E-state index contributed by atoms with van der Waals surface area (Å²) in [6, 6.07) is 0.845. The van der Waals surface area contributed by atoms with Crippen molar-refractivity contribution in [1.29, 1.82) is 0 Å². The number of hydrogen-bond donors (Lipinski definition) is 1. The lowest BCUT2D eigenvalue weighted by Gasteiger charge is -2.54. The van der Waals surface area contributed by atoms with Gasteiger partial charge in [-0.1, -0.05) is 25.7 Å². The zero-order valence-corrected chi connectivity index (χ0v) is 13.2. The van der Waals surface area contributed by atoms with Crippen molar-refractivity contribution in [2.45, 2.75) is 89.3 Å². The highest BCUT2D eigenvalue weighted by molar-refractivity contribution is 5.07. The minimum Gasteiger partial charge on any atom is -0.308 e. The van der Waals surface area contributed by atoms with E-state index in [9.17, 15) is 0 Å². The van der Waals surface area contributed by atoms with E-state index in [-0.39, 0.29) is 0 Å². The molecule has 1 atom stereocenters. The molecule has 3 rings (SSSR count). The minimum absolute atomic E-state index is 0.337. The fourth-order valence-electron chi connectivity index (χ4n) is 4.33. The highest BCUT2D eigenvalue weighted by Gasteiger charge is 2.49. The van der Waals surface area contributed by atoms with Gasteiger partial charge in [0.05, 0.1) is 0 Å². The van der Waals surface area contributed by atoms with E-state index >= 15 is 0 Å². The third kappa shape index (κ3) is 2.85. The van der Waals surface area contributed by atoms with Gasteiger partial charge in [-0.05, 0) is 52.4 Å². The summed E-state index contributed by atoms with van der Waals surface area (Å²) < 4.78 is 0. The molecule has 2 heteroatoms. The second-order valence-corrected chi connectivity index (χ2v) is 8.13. The van der Waals surface area contributed by atoms with Crippen LogP contribution in [0.5, 0.6) is 0 Å². The quantitative estimate of drug-likeness (QED) is 0.767. The van der Waals surface area contributed by atoms with Crippen molar-refractivity contribution in [3.05, 3.63) is 0 Å². The Morgan fingerprint density at radius 2 is 1.53 bits per heavy atom. The van der Waals surface area contributed by atoms with Gasteiger partial charge in [-0.2, -0.15) is 0 Å². The van der Waals surface area contributed by atoms with Crippen LogP contribution in [0.1, 0.15) is 72.1 Å². The standard InChI is InChI=1S/C17H32N2/c1-16(2)12-18-17(3,14-10-11-14)13-19(16)15-8-6-4-5-7-9-15/h14-15,18H,4-13H2,1-3H3. The lowest BCUT2D eigenvalue weighted by molar-refractivity contribution is -0.0139. The van der Waals surface area contributed by atoms with Crippen LogP contribution in [0.4, 0.5) is 0 Å². The van der Waals surface area contributed by atoms with Gasteiger partial charge in [-0.3, -0.25) is 4.90 Å². The van der Waals surface area contributed by atoms with Crippen LogP contribution in [0.15, 0.2) is 0 Å². The van der Waals surface area contributed by atoms with Crippen molar-refractivity contribution in [3.63, 3.8) is 0 Å². The molecular formula is C17H32N2. The van der Waals surface area contributed by atoms with E-state index in [1.165, 1.54) is 57.9 Å². The molecule has 110 valence electrons. The van der Waals surface area contributed by atoms with Crippen LogP contribution >= 0.6 is 0 Å². The molecule has 19 heavy (non-hydrogen) atoms. The molecular weight excluding hydrogens is 232 g/mol. The Balaban J connectivity index is 1.74. The molecule has 3 fully saturated rings. The highest BCUT2D eigenvalue weighted by Crippen LogP contribution is 2.43. The smallest absolute Gasteiger partial charge is 0.0309 e. The maximum absolute atomic E-state index is 3.89. The molecule has 3 aliphatic rings. The van der Waals surface area contributed by atoms with E-state index in [1.54, 1.807) is 0 Å². The molecule has 1 heterocycles. The van der Waals surface area contributed by atoms with Gasteiger partial charge in [0.15, 0.2) is 0 Å². The Morgan fingerprint density at radius 1 is 0.895 bits per heavy atom. The van der Waals surface area contributed by atoms with Crippen molar-refractivity contribution < 1.29 is 0 Å². The number of rotatable bonds is 2. The molecule has 0 aromatic heterocycles. The first kappa shape index (κ1) is 13.9. The normalized spacial score (nSPS) is 38.1. The van der Waals surface area contributed by atoms with Gasteiger partial charge in [-0.25, -0.2) is 0 Å². The largest absolute Gasteiger partial charge is 0.308 e. The Morgan fingerprint density at radius 3 is 2.11 bits per heavy atom. The second kappa shape index (κ2) is 5.04. The van der Waals surface area contributed by atoms with Gasteiger partial charge in [0.2, 0.25) is 0 Å². The zero-order valence-electron chi connectivity index (χ0n) is 13.2. The van der Waals surface area contributed by atoms with Gasteiger partial charge < -0.3 is 5.32 Å². The predicted octanol–water partition coefficient (Wildman–Crippen LogP) is 3.56. The van der Waals surface area contributed by atoms with E-state index in [4.69, 9.17) is 0 Å². The summed E-state index contributed by atoms with van der Waals surface area (Å²) in [7, 11) is 0. The highest BCUT2D eigenvalue weighted by atomic mass is 15.3. The van der Waals surface area contributed by atoms with Gasteiger partial charge >= 0.3 is 0 Å². The van der Waals surface area contributed by atoms with E-state index < -0.39 is 0 Å². The monoisotopic (exact) mass is 264 g/mol. The van der Waals surface area contributed by atoms with Crippen molar-refractivity contribution in [3.8, 4) is 0 Å². The summed E-state index contributed by atoms with van der Waals surface area (Å²) in [5, 5.41) is 3.89. The van der Waals surface area contributed by atoms with Crippen molar-refractivity contribution >= 4 is 0 Å². The fourth-order valence-corrected chi connectivity index (χ4v) is 4.33. The van der Waals surface area contributed by atoms with Crippen LogP contribution in [0.3, 0.4) is 0 Å². The molecule has 1 saturated heterocycles. The van der Waals surface area contributed by atoms with E-state index in [0.717, 1.165) is 18.5 Å². The van der Waals surface area contributed by atoms with Crippen LogP contribution in [-0.2, 0) is 0 Å². The number of nitrogens with zero attached hydrogens (tertiary/aromatic N) is 1. The Kier molecular flexibility index (Phi) is 3.68. The van der Waals surface area contributed by atoms with Crippen LogP contribution in [0.2, 0.25) is 0 Å². The van der Waals surface area contributed by atoms with Crippen molar-refractivity contribution in [2.24, 2.45) is 5.92 Å². The fraction of sp³-hybridized carbons (Fsp3) is 1.00. The van der Waals surface area contributed by atoms with E-state index in [0.29, 0.717) is 11.1 Å². The van der Waals surface area contributed by atoms with Crippen LogP contribution in [-0.4, -0.2) is 35.1 Å². The molecule has 0 aromatic carbocycles. The third-order valence-electron chi connectivity index (χ3n) is 5.95. The molecule has 2 aliphatic carbocycles. The van der Waals surface area contributed by atoms with Crippen LogP contribution < -0.4 is 5.32 Å². The SMILES string of the molecule is CC1(C2CC2)CN(C2CCCCCC2)C(C)(C)CN1. The molecule has 1 aliphatic heterocycles. The maximum atomic E-state index is 3.89. The topological polar surface area (TPSA) is 15.3 Å². The lowest BCUT2D eigenvalue weighted by atomic mass is 9.84. The molecule has 1 unspecified atom stereocenters. The summed E-state index contributed by atoms with van der Waals surface area (Å²) in [6.07, 6.45) is 11.6. The summed E-state index contributed by atoms with van der Waals surface area (Å²) in [4.78, 5) is 2.88. The minimum atomic E-state index is 0.337. The summed E-state index contributed by atoms with van der Waals surface area (Å²) in [5.41, 5.74) is 0.727. The van der Waals surface area contributed by atoms with Gasteiger partial charge in [0, 0.05) is 30.2 Å². The molecule has 1 N–H and O–H groups in total. The van der Waals surface area contributed by atoms with Gasteiger partial charge in [0.25, 0.3) is 0 Å². The first-order chi connectivity index (χ1) is 9.01. The average Bonchev–Trinajstić information content (AvgIpc) is 3.17. The molecule has 0 spiro atoms. The summed E-state index contributed by atoms with van der Waals surface area (Å²) in [5.74, 6) is 0.942.